The van der Waals surface area contributed by atoms with E-state index in [1.54, 1.807) is 23.7 Å². The van der Waals surface area contributed by atoms with Crippen LogP contribution in [0.5, 0.6) is 0 Å². The second-order valence-corrected chi connectivity index (χ2v) is 3.41. The second kappa shape index (κ2) is 3.27. The number of fused-ring (bicyclic) bond motifs is 1. The topological polar surface area (TPSA) is 81.1 Å². The first-order valence-electron chi connectivity index (χ1n) is 4.50. The predicted octanol–water partition coefficient (Wildman–Crippen LogP) is 0.783. The number of rotatable bonds is 2. The first-order valence-corrected chi connectivity index (χ1v) is 4.50. The molecule has 0 saturated heterocycles. The van der Waals surface area contributed by atoms with E-state index in [4.69, 9.17) is 10.8 Å². The third-order valence-electron chi connectivity index (χ3n) is 2.31. The zero-order valence-corrected chi connectivity index (χ0v) is 8.27. The first-order chi connectivity index (χ1) is 7.08. The van der Waals surface area contributed by atoms with E-state index in [1.165, 1.54) is 0 Å². The summed E-state index contributed by atoms with van der Waals surface area (Å²) in [5.74, 6) is -0.357. The Bertz CT molecular complexity index is 531. The second-order valence-electron chi connectivity index (χ2n) is 3.41. The average Bonchev–Trinajstić information content (AvgIpc) is 2.42. The molecule has 0 bridgehead atoms. The van der Waals surface area contributed by atoms with Crippen LogP contribution < -0.4 is 5.73 Å². The molecule has 0 aliphatic rings. The third kappa shape index (κ3) is 1.63. The molecule has 0 unspecified atom stereocenters. The number of nitrogens with zero attached hydrogens (tertiary/aromatic N) is 2. The van der Waals surface area contributed by atoms with Gasteiger partial charge in [-0.1, -0.05) is 0 Å². The van der Waals surface area contributed by atoms with Gasteiger partial charge in [0.15, 0.2) is 0 Å². The van der Waals surface area contributed by atoms with E-state index in [2.05, 4.69) is 4.98 Å². The maximum atomic E-state index is 10.6. The van der Waals surface area contributed by atoms with Crippen molar-refractivity contribution in [2.24, 2.45) is 7.05 Å². The Hall–Kier alpha value is -2.04. The summed E-state index contributed by atoms with van der Waals surface area (Å²) in [4.78, 5) is 14.8. The lowest BCUT2D eigenvalue weighted by molar-refractivity contribution is -0.136. The lowest BCUT2D eigenvalue weighted by atomic mass is 10.3. The SMILES string of the molecule is Cn1c(CC(=O)O)nc2cc(N)ccc21. The number of aliphatic carboxylic acids is 1. The van der Waals surface area contributed by atoms with Gasteiger partial charge < -0.3 is 15.4 Å². The van der Waals surface area contributed by atoms with E-state index >= 15 is 0 Å². The Morgan fingerprint density at radius 2 is 2.33 bits per heavy atom. The van der Waals surface area contributed by atoms with Gasteiger partial charge >= 0.3 is 5.97 Å². The molecule has 15 heavy (non-hydrogen) atoms. The van der Waals surface area contributed by atoms with E-state index in [0.29, 0.717) is 11.5 Å². The van der Waals surface area contributed by atoms with Crippen molar-refractivity contribution in [3.63, 3.8) is 0 Å². The molecule has 1 aromatic carbocycles. The summed E-state index contributed by atoms with van der Waals surface area (Å²) in [6.07, 6.45) is -0.0783. The summed E-state index contributed by atoms with van der Waals surface area (Å²) in [6.45, 7) is 0. The quantitative estimate of drug-likeness (QED) is 0.710. The molecular formula is C10H11N3O2. The molecule has 5 heteroatoms. The van der Waals surface area contributed by atoms with Crippen LogP contribution in [0.2, 0.25) is 0 Å². The van der Waals surface area contributed by atoms with E-state index in [-0.39, 0.29) is 6.42 Å². The number of aryl methyl sites for hydroxylation is 1. The van der Waals surface area contributed by atoms with Gasteiger partial charge in [-0.15, -0.1) is 0 Å². The van der Waals surface area contributed by atoms with Crippen LogP contribution in [0.25, 0.3) is 11.0 Å². The predicted molar refractivity (Wildman–Crippen MR) is 56.5 cm³/mol. The van der Waals surface area contributed by atoms with Crippen LogP contribution >= 0.6 is 0 Å². The molecule has 1 aromatic heterocycles. The van der Waals surface area contributed by atoms with Gasteiger partial charge in [0.1, 0.15) is 12.2 Å². The number of hydrogen-bond acceptors (Lipinski definition) is 3. The van der Waals surface area contributed by atoms with Crippen molar-refractivity contribution in [3.8, 4) is 0 Å². The molecule has 2 rings (SSSR count). The standard InChI is InChI=1S/C10H11N3O2/c1-13-8-3-2-6(11)4-7(8)12-9(13)5-10(14)15/h2-4H,5,11H2,1H3,(H,14,15). The van der Waals surface area contributed by atoms with E-state index in [0.717, 1.165) is 11.0 Å². The largest absolute Gasteiger partial charge is 0.481 e. The molecule has 0 amide bonds. The molecule has 0 atom stereocenters. The summed E-state index contributed by atoms with van der Waals surface area (Å²) in [5.41, 5.74) is 7.87. The molecular weight excluding hydrogens is 194 g/mol. The fraction of sp³-hybridized carbons (Fsp3) is 0.200. The summed E-state index contributed by atoms with van der Waals surface area (Å²) < 4.78 is 1.77. The van der Waals surface area contributed by atoms with Crippen molar-refractivity contribution in [2.75, 3.05) is 5.73 Å². The van der Waals surface area contributed by atoms with Crippen molar-refractivity contribution >= 4 is 22.7 Å². The van der Waals surface area contributed by atoms with Crippen LogP contribution in [0.4, 0.5) is 5.69 Å². The normalized spacial score (nSPS) is 10.7. The van der Waals surface area contributed by atoms with Gasteiger partial charge in [-0.2, -0.15) is 0 Å². The summed E-state index contributed by atoms with van der Waals surface area (Å²) >= 11 is 0. The van der Waals surface area contributed by atoms with Crippen molar-refractivity contribution in [1.82, 2.24) is 9.55 Å². The van der Waals surface area contributed by atoms with Gasteiger partial charge in [0, 0.05) is 12.7 Å². The number of nitrogen functional groups attached to an aromatic ring is 1. The van der Waals surface area contributed by atoms with Gasteiger partial charge in [0.25, 0.3) is 0 Å². The zero-order valence-electron chi connectivity index (χ0n) is 8.27. The Morgan fingerprint density at radius 3 is 3.00 bits per heavy atom. The minimum absolute atomic E-state index is 0.0783. The van der Waals surface area contributed by atoms with Crippen molar-refractivity contribution < 1.29 is 9.90 Å². The highest BCUT2D eigenvalue weighted by atomic mass is 16.4. The smallest absolute Gasteiger partial charge is 0.311 e. The molecule has 0 radical (unpaired) electrons. The molecule has 2 aromatic rings. The molecule has 5 nitrogen and oxygen atoms in total. The first kappa shape index (κ1) is 9.51. The number of hydrogen-bond donors (Lipinski definition) is 2. The number of anilines is 1. The van der Waals surface area contributed by atoms with E-state index < -0.39 is 5.97 Å². The van der Waals surface area contributed by atoms with Gasteiger partial charge in [-0.25, -0.2) is 4.98 Å². The van der Waals surface area contributed by atoms with Crippen LogP contribution in [0.3, 0.4) is 0 Å². The van der Waals surface area contributed by atoms with Crippen molar-refractivity contribution in [3.05, 3.63) is 24.0 Å². The van der Waals surface area contributed by atoms with Gasteiger partial charge in [0.2, 0.25) is 0 Å². The fourth-order valence-corrected chi connectivity index (χ4v) is 1.56. The maximum absolute atomic E-state index is 10.6. The molecule has 0 fully saturated rings. The van der Waals surface area contributed by atoms with Crippen LogP contribution in [-0.2, 0) is 18.3 Å². The van der Waals surface area contributed by atoms with Crippen molar-refractivity contribution in [2.45, 2.75) is 6.42 Å². The Balaban J connectivity index is 2.58. The number of imidazole rings is 1. The van der Waals surface area contributed by atoms with Crippen LogP contribution in [-0.4, -0.2) is 20.6 Å². The average molecular weight is 205 g/mol. The highest BCUT2D eigenvalue weighted by Gasteiger charge is 2.10. The lowest BCUT2D eigenvalue weighted by Gasteiger charge is -1.98. The molecule has 0 aliphatic carbocycles. The Morgan fingerprint density at radius 1 is 1.60 bits per heavy atom. The fourth-order valence-electron chi connectivity index (χ4n) is 1.56. The molecule has 1 heterocycles. The molecule has 0 spiro atoms. The van der Waals surface area contributed by atoms with Crippen LogP contribution in [0.15, 0.2) is 18.2 Å². The highest BCUT2D eigenvalue weighted by Crippen LogP contribution is 2.17. The van der Waals surface area contributed by atoms with Crippen molar-refractivity contribution in [1.29, 1.82) is 0 Å². The minimum atomic E-state index is -0.888. The Labute approximate surface area is 86.1 Å². The summed E-state index contributed by atoms with van der Waals surface area (Å²) in [6, 6.07) is 5.35. The lowest BCUT2D eigenvalue weighted by Crippen LogP contribution is -2.06. The van der Waals surface area contributed by atoms with Gasteiger partial charge in [-0.3, -0.25) is 4.79 Å². The minimum Gasteiger partial charge on any atom is -0.481 e. The maximum Gasteiger partial charge on any atom is 0.311 e. The molecule has 3 N–H and O–H groups in total. The zero-order chi connectivity index (χ0) is 11.0. The molecule has 0 saturated carbocycles. The highest BCUT2D eigenvalue weighted by molar-refractivity contribution is 5.80. The Kier molecular flexibility index (Phi) is 2.07. The van der Waals surface area contributed by atoms with E-state index in [9.17, 15) is 4.79 Å². The van der Waals surface area contributed by atoms with Gasteiger partial charge in [0.05, 0.1) is 11.0 Å². The number of aromatic nitrogens is 2. The molecule has 0 aliphatic heterocycles. The monoisotopic (exact) mass is 205 g/mol. The van der Waals surface area contributed by atoms with Gasteiger partial charge in [-0.05, 0) is 18.2 Å². The number of carbonyl (C=O) groups is 1. The van der Waals surface area contributed by atoms with Crippen LogP contribution in [0, 0.1) is 0 Å². The van der Waals surface area contributed by atoms with E-state index in [1.807, 2.05) is 6.07 Å². The third-order valence-corrected chi connectivity index (χ3v) is 2.31. The summed E-state index contributed by atoms with van der Waals surface area (Å²) in [7, 11) is 1.80. The number of carboxylic acid groups (broad SMARTS) is 1. The summed E-state index contributed by atoms with van der Waals surface area (Å²) in [5, 5.41) is 8.69. The number of benzene rings is 1. The molecule has 78 valence electrons. The number of carboxylic acids is 1. The van der Waals surface area contributed by atoms with Crippen LogP contribution in [0.1, 0.15) is 5.82 Å². The number of nitrogens with two attached hydrogens (primary N) is 1.